The fourth-order valence-corrected chi connectivity index (χ4v) is 5.30. The number of aromatic nitrogens is 2. The van der Waals surface area contributed by atoms with E-state index in [0.29, 0.717) is 18.7 Å². The van der Waals surface area contributed by atoms with E-state index in [1.165, 1.54) is 39.9 Å². The summed E-state index contributed by atoms with van der Waals surface area (Å²) in [6, 6.07) is 17.7. The predicted molar refractivity (Wildman–Crippen MR) is 149 cm³/mol. The normalized spacial score (nSPS) is 14.4. The van der Waals surface area contributed by atoms with Crippen LogP contribution in [-0.4, -0.2) is 38.3 Å². The topological polar surface area (TPSA) is 98.3 Å². The van der Waals surface area contributed by atoms with Gasteiger partial charge in [0.2, 0.25) is 0 Å². The van der Waals surface area contributed by atoms with Crippen LogP contribution in [0.3, 0.4) is 0 Å². The van der Waals surface area contributed by atoms with Gasteiger partial charge in [-0.15, -0.1) is 0 Å². The van der Waals surface area contributed by atoms with Gasteiger partial charge >= 0.3 is 6.18 Å². The summed E-state index contributed by atoms with van der Waals surface area (Å²) in [5.74, 6) is -0.669. The Balaban J connectivity index is 1.60. The zero-order valence-corrected chi connectivity index (χ0v) is 23.1. The van der Waals surface area contributed by atoms with Gasteiger partial charge in [0.05, 0.1) is 21.7 Å². The third kappa shape index (κ3) is 5.54. The van der Waals surface area contributed by atoms with Crippen LogP contribution >= 0.6 is 0 Å². The first-order valence-electron chi connectivity index (χ1n) is 13.2. The van der Waals surface area contributed by atoms with Gasteiger partial charge in [0, 0.05) is 37.2 Å². The molecule has 3 aromatic carbocycles. The molecule has 0 unspecified atom stereocenters. The van der Waals surface area contributed by atoms with E-state index in [1.807, 2.05) is 44.2 Å². The molecule has 0 N–H and O–H groups in total. The molecule has 0 radical (unpaired) electrons. The highest BCUT2D eigenvalue weighted by molar-refractivity contribution is 6.04. The Hall–Kier alpha value is -4.80. The lowest BCUT2D eigenvalue weighted by Crippen LogP contribution is -2.28. The lowest BCUT2D eigenvalue weighted by atomic mass is 9.75. The summed E-state index contributed by atoms with van der Waals surface area (Å²) >= 11 is 0. The fraction of sp³-hybridized carbons (Fsp3) is 0.258. The summed E-state index contributed by atoms with van der Waals surface area (Å²) in [4.78, 5) is 39.6. The number of rotatable bonds is 6. The van der Waals surface area contributed by atoms with Crippen LogP contribution in [0.1, 0.15) is 57.8 Å². The number of amides is 1. The van der Waals surface area contributed by atoms with Crippen molar-refractivity contribution in [1.29, 1.82) is 0 Å². The number of halogens is 3. The van der Waals surface area contributed by atoms with E-state index in [1.54, 1.807) is 7.05 Å². The van der Waals surface area contributed by atoms with Gasteiger partial charge in [0.1, 0.15) is 11.4 Å². The number of alkyl halides is 3. The van der Waals surface area contributed by atoms with Gasteiger partial charge in [-0.25, -0.2) is 4.68 Å². The van der Waals surface area contributed by atoms with E-state index >= 15 is 0 Å². The highest BCUT2D eigenvalue weighted by Crippen LogP contribution is 2.41. The second kappa shape index (κ2) is 10.6. The van der Waals surface area contributed by atoms with Crippen molar-refractivity contribution in [2.24, 2.45) is 5.41 Å². The highest BCUT2D eigenvalue weighted by atomic mass is 19.4. The average Bonchev–Trinajstić information content (AvgIpc) is 3.31. The third-order valence-corrected chi connectivity index (χ3v) is 7.29. The van der Waals surface area contributed by atoms with Gasteiger partial charge in [0.15, 0.2) is 5.78 Å². The second-order valence-electron chi connectivity index (χ2n) is 11.2. The molecular formula is C31H27F3N4O4. The summed E-state index contributed by atoms with van der Waals surface area (Å²) in [6.07, 6.45) is -4.01. The first-order valence-corrected chi connectivity index (χ1v) is 13.2. The quantitative estimate of drug-likeness (QED) is 0.184. The molecule has 11 heteroatoms. The molecule has 1 amide bonds. The van der Waals surface area contributed by atoms with E-state index in [2.05, 4.69) is 5.10 Å². The van der Waals surface area contributed by atoms with E-state index in [4.69, 9.17) is 0 Å². The van der Waals surface area contributed by atoms with Crippen LogP contribution in [0.4, 0.5) is 18.9 Å². The van der Waals surface area contributed by atoms with Gasteiger partial charge in [-0.05, 0) is 41.7 Å². The SMILES string of the molecule is CN(Cc1ccccc1)C(=O)c1ccc(-n2nc(-c3ccc(C(F)(F)F)cc3)c3c2CC(C)(C)CC3=O)c([N+](=O)[O-])c1. The van der Waals surface area contributed by atoms with Crippen LogP contribution < -0.4 is 0 Å². The van der Waals surface area contributed by atoms with Gasteiger partial charge in [0.25, 0.3) is 11.6 Å². The van der Waals surface area contributed by atoms with Crippen molar-refractivity contribution in [2.75, 3.05) is 7.05 Å². The lowest BCUT2D eigenvalue weighted by molar-refractivity contribution is -0.384. The lowest BCUT2D eigenvalue weighted by Gasteiger charge is -2.29. The molecule has 0 atom stereocenters. The van der Waals surface area contributed by atoms with Crippen LogP contribution in [0.15, 0.2) is 72.8 Å². The standard InChI is InChI=1S/C31H27F3N4O4/c1-30(2)16-25-27(26(39)17-30)28(20-9-12-22(13-10-20)31(32,33)34)35-37(25)23-14-11-21(15-24(23)38(41)42)29(40)36(3)18-19-7-5-4-6-8-19/h4-15H,16-18H2,1-3H3. The number of hydrogen-bond acceptors (Lipinski definition) is 5. The van der Waals surface area contributed by atoms with Crippen LogP contribution in [0.25, 0.3) is 16.9 Å². The molecule has 216 valence electrons. The molecule has 42 heavy (non-hydrogen) atoms. The zero-order valence-electron chi connectivity index (χ0n) is 23.1. The molecule has 1 aliphatic carbocycles. The van der Waals surface area contributed by atoms with Gasteiger partial charge in [-0.1, -0.05) is 56.3 Å². The van der Waals surface area contributed by atoms with Crippen molar-refractivity contribution in [2.45, 2.75) is 39.4 Å². The second-order valence-corrected chi connectivity index (χ2v) is 11.2. The Morgan fingerprint density at radius 2 is 1.71 bits per heavy atom. The maximum atomic E-state index is 13.3. The molecule has 1 aromatic heterocycles. The van der Waals surface area contributed by atoms with Crippen molar-refractivity contribution in [1.82, 2.24) is 14.7 Å². The molecule has 8 nitrogen and oxygen atoms in total. The monoisotopic (exact) mass is 576 g/mol. The number of nitro benzene ring substituents is 1. The largest absolute Gasteiger partial charge is 0.416 e. The molecule has 0 aliphatic heterocycles. The Labute approximate surface area is 239 Å². The number of carbonyl (C=O) groups is 2. The van der Waals surface area contributed by atoms with E-state index in [-0.39, 0.29) is 40.3 Å². The van der Waals surface area contributed by atoms with E-state index in [9.17, 15) is 32.9 Å². The molecule has 5 rings (SSSR count). The smallest absolute Gasteiger partial charge is 0.337 e. The summed E-state index contributed by atoms with van der Waals surface area (Å²) < 4.78 is 40.8. The Morgan fingerprint density at radius 1 is 1.05 bits per heavy atom. The zero-order chi connectivity index (χ0) is 30.4. The number of carbonyl (C=O) groups excluding carboxylic acids is 2. The Kier molecular flexibility index (Phi) is 7.21. The maximum absolute atomic E-state index is 13.3. The minimum atomic E-state index is -4.54. The average molecular weight is 577 g/mol. The number of fused-ring (bicyclic) bond motifs is 1. The molecule has 0 saturated carbocycles. The van der Waals surface area contributed by atoms with Crippen molar-refractivity contribution in [3.8, 4) is 16.9 Å². The minimum Gasteiger partial charge on any atom is -0.337 e. The van der Waals surface area contributed by atoms with E-state index < -0.39 is 33.7 Å². The predicted octanol–water partition coefficient (Wildman–Crippen LogP) is 6.89. The van der Waals surface area contributed by atoms with Crippen LogP contribution in [0, 0.1) is 15.5 Å². The van der Waals surface area contributed by atoms with E-state index in [0.717, 1.165) is 17.7 Å². The number of nitrogens with zero attached hydrogens (tertiary/aromatic N) is 4. The molecule has 4 aromatic rings. The van der Waals surface area contributed by atoms with Gasteiger partial charge < -0.3 is 4.90 Å². The fourth-order valence-electron chi connectivity index (χ4n) is 5.30. The number of hydrogen-bond donors (Lipinski definition) is 0. The minimum absolute atomic E-state index is 0.0437. The van der Waals surface area contributed by atoms with Crippen LogP contribution in [0.5, 0.6) is 0 Å². The van der Waals surface area contributed by atoms with Crippen molar-refractivity contribution >= 4 is 17.4 Å². The molecule has 0 saturated heterocycles. The molecule has 0 spiro atoms. The van der Waals surface area contributed by atoms with Gasteiger partial charge in [-0.3, -0.25) is 19.7 Å². The Morgan fingerprint density at radius 3 is 2.33 bits per heavy atom. The van der Waals surface area contributed by atoms with Crippen molar-refractivity contribution < 1.29 is 27.7 Å². The first-order chi connectivity index (χ1) is 19.7. The summed E-state index contributed by atoms with van der Waals surface area (Å²) in [5, 5.41) is 16.8. The first kappa shape index (κ1) is 28.7. The summed E-state index contributed by atoms with van der Waals surface area (Å²) in [6.45, 7) is 4.08. The van der Waals surface area contributed by atoms with Crippen molar-refractivity contribution in [3.63, 3.8) is 0 Å². The number of nitro groups is 1. The van der Waals surface area contributed by atoms with Gasteiger partial charge in [-0.2, -0.15) is 18.3 Å². The van der Waals surface area contributed by atoms with Crippen LogP contribution in [0.2, 0.25) is 0 Å². The summed E-state index contributed by atoms with van der Waals surface area (Å²) in [5.41, 5.74) is 0.399. The molecule has 0 bridgehead atoms. The summed E-state index contributed by atoms with van der Waals surface area (Å²) in [7, 11) is 1.60. The molecule has 1 aliphatic rings. The van der Waals surface area contributed by atoms with Crippen molar-refractivity contribution in [3.05, 3.63) is 111 Å². The molecular weight excluding hydrogens is 549 g/mol. The maximum Gasteiger partial charge on any atom is 0.416 e. The number of Topliss-reactive ketones (excluding diaryl/α,β-unsaturated/α-hetero) is 1. The number of ketones is 1. The van der Waals surface area contributed by atoms with Crippen LogP contribution in [-0.2, 0) is 19.1 Å². The molecule has 0 fully saturated rings. The highest BCUT2D eigenvalue weighted by Gasteiger charge is 2.38. The third-order valence-electron chi connectivity index (χ3n) is 7.29. The number of benzene rings is 3. The Bertz CT molecular complexity index is 1690. The molecule has 1 heterocycles.